The minimum Gasteiger partial charge on any atom is -0.369 e. The quantitative estimate of drug-likeness (QED) is 0.928. The monoisotopic (exact) mass is 316 g/mol. The van der Waals surface area contributed by atoms with E-state index in [2.05, 4.69) is 25.9 Å². The Hall–Kier alpha value is -0.950. The number of anilines is 1. The average Bonchev–Trinajstić information content (AvgIpc) is 2.54. The number of nitrogen functional groups attached to an aromatic ring is 1. The number of halogens is 1. The van der Waals surface area contributed by atoms with E-state index in [1.54, 1.807) is 12.5 Å². The normalized spacial score (nSPS) is 13.1. The van der Waals surface area contributed by atoms with Crippen molar-refractivity contribution in [3.8, 4) is 0 Å². The molecule has 0 spiro atoms. The molecule has 2 N–H and O–H groups in total. The van der Waals surface area contributed by atoms with Crippen molar-refractivity contribution in [3.63, 3.8) is 0 Å². The maximum Gasteiger partial charge on any atom is 0.202 e. The average molecular weight is 317 g/mol. The van der Waals surface area contributed by atoms with Crippen LogP contribution in [0.1, 0.15) is 6.42 Å². The molecule has 1 atom stereocenters. The van der Waals surface area contributed by atoms with Gasteiger partial charge in [0.1, 0.15) is 5.52 Å². The van der Waals surface area contributed by atoms with Gasteiger partial charge in [-0.1, -0.05) is 0 Å². The molecule has 0 radical (unpaired) electrons. The second-order valence-electron chi connectivity index (χ2n) is 3.75. The Morgan fingerprint density at radius 3 is 3.06 bits per heavy atom. The fourth-order valence-corrected chi connectivity index (χ4v) is 2.51. The number of nitrogens with zero attached hydrogens (tertiary/aromatic N) is 3. The Morgan fingerprint density at radius 2 is 2.35 bits per heavy atom. The molecule has 17 heavy (non-hydrogen) atoms. The van der Waals surface area contributed by atoms with Crippen LogP contribution in [0.4, 0.5) is 5.95 Å². The molecular formula is C10H13BrN4OS. The van der Waals surface area contributed by atoms with Crippen molar-refractivity contribution >= 4 is 43.8 Å². The molecule has 0 aliphatic heterocycles. The van der Waals surface area contributed by atoms with Gasteiger partial charge < -0.3 is 5.73 Å². The van der Waals surface area contributed by atoms with Gasteiger partial charge in [-0.05, 0) is 28.4 Å². The maximum atomic E-state index is 11.0. The van der Waals surface area contributed by atoms with Crippen LogP contribution in [0.5, 0.6) is 0 Å². The zero-order valence-electron chi connectivity index (χ0n) is 9.39. The van der Waals surface area contributed by atoms with Gasteiger partial charge in [0.25, 0.3) is 0 Å². The standard InChI is InChI=1S/C10H13BrN4OS/c1-17(16)4-2-3-15-9-8(14-10(15)12)5-7(11)6-13-9/h5-6H,2-4H2,1H3,(H2,12,14). The number of pyridine rings is 1. The number of rotatable bonds is 4. The van der Waals surface area contributed by atoms with Gasteiger partial charge >= 0.3 is 0 Å². The van der Waals surface area contributed by atoms with Crippen LogP contribution in [0, 0.1) is 0 Å². The minimum atomic E-state index is -0.774. The van der Waals surface area contributed by atoms with Gasteiger partial charge in [-0.25, -0.2) is 9.97 Å². The Kier molecular flexibility index (Phi) is 3.78. The molecule has 1 unspecified atom stereocenters. The third-order valence-electron chi connectivity index (χ3n) is 2.39. The lowest BCUT2D eigenvalue weighted by Gasteiger charge is -2.04. The number of aromatic nitrogens is 3. The molecule has 2 aromatic rings. The molecule has 0 aliphatic carbocycles. The van der Waals surface area contributed by atoms with Crippen LogP contribution >= 0.6 is 15.9 Å². The number of imidazole rings is 1. The van der Waals surface area contributed by atoms with Crippen LogP contribution < -0.4 is 5.73 Å². The van der Waals surface area contributed by atoms with Gasteiger partial charge in [-0.15, -0.1) is 0 Å². The van der Waals surface area contributed by atoms with Crippen molar-refractivity contribution in [1.82, 2.24) is 14.5 Å². The summed E-state index contributed by atoms with van der Waals surface area (Å²) in [4.78, 5) is 8.54. The summed E-state index contributed by atoms with van der Waals surface area (Å²) in [6.07, 6.45) is 4.22. The lowest BCUT2D eigenvalue weighted by Crippen LogP contribution is -2.07. The first-order valence-corrected chi connectivity index (χ1v) is 7.67. The third-order valence-corrected chi connectivity index (χ3v) is 3.69. The molecule has 0 amide bonds. The number of nitrogens with two attached hydrogens (primary N) is 1. The van der Waals surface area contributed by atoms with E-state index in [0.29, 0.717) is 18.2 Å². The first-order valence-electron chi connectivity index (χ1n) is 5.15. The Labute approximate surface area is 110 Å². The van der Waals surface area contributed by atoms with Gasteiger partial charge in [-0.3, -0.25) is 8.78 Å². The van der Waals surface area contributed by atoms with Crippen molar-refractivity contribution < 1.29 is 4.21 Å². The molecule has 0 bridgehead atoms. The molecule has 5 nitrogen and oxygen atoms in total. The van der Waals surface area contributed by atoms with Crippen molar-refractivity contribution in [2.24, 2.45) is 0 Å². The number of fused-ring (bicyclic) bond motifs is 1. The zero-order valence-corrected chi connectivity index (χ0v) is 11.8. The van der Waals surface area contributed by atoms with Crippen molar-refractivity contribution in [1.29, 1.82) is 0 Å². The van der Waals surface area contributed by atoms with E-state index >= 15 is 0 Å². The lowest BCUT2D eigenvalue weighted by atomic mass is 10.4. The zero-order chi connectivity index (χ0) is 12.4. The second kappa shape index (κ2) is 5.14. The van der Waals surface area contributed by atoms with E-state index in [0.717, 1.165) is 22.1 Å². The predicted molar refractivity (Wildman–Crippen MR) is 73.2 cm³/mol. The Balaban J connectivity index is 2.27. The van der Waals surface area contributed by atoms with Gasteiger partial charge in [-0.2, -0.15) is 0 Å². The molecule has 7 heteroatoms. The summed E-state index contributed by atoms with van der Waals surface area (Å²) in [5.41, 5.74) is 7.38. The van der Waals surface area contributed by atoms with Gasteiger partial charge in [0.05, 0.1) is 0 Å². The number of aryl methyl sites for hydroxylation is 1. The van der Waals surface area contributed by atoms with Crippen LogP contribution in [0.2, 0.25) is 0 Å². The van der Waals surface area contributed by atoms with Gasteiger partial charge in [0.15, 0.2) is 5.65 Å². The van der Waals surface area contributed by atoms with Crippen molar-refractivity contribution in [3.05, 3.63) is 16.7 Å². The highest BCUT2D eigenvalue weighted by Gasteiger charge is 2.09. The van der Waals surface area contributed by atoms with Crippen molar-refractivity contribution in [2.45, 2.75) is 13.0 Å². The van der Waals surface area contributed by atoms with E-state index in [9.17, 15) is 4.21 Å². The van der Waals surface area contributed by atoms with E-state index in [4.69, 9.17) is 5.73 Å². The van der Waals surface area contributed by atoms with Crippen LogP contribution in [0.25, 0.3) is 11.2 Å². The van der Waals surface area contributed by atoms with E-state index in [-0.39, 0.29) is 0 Å². The number of hydrogen-bond donors (Lipinski definition) is 1. The fraction of sp³-hybridized carbons (Fsp3) is 0.400. The molecular weight excluding hydrogens is 304 g/mol. The molecule has 2 heterocycles. The molecule has 0 aromatic carbocycles. The smallest absolute Gasteiger partial charge is 0.202 e. The Morgan fingerprint density at radius 1 is 1.59 bits per heavy atom. The highest BCUT2D eigenvalue weighted by Crippen LogP contribution is 2.19. The first-order chi connectivity index (χ1) is 8.08. The highest BCUT2D eigenvalue weighted by atomic mass is 79.9. The molecule has 2 rings (SSSR count). The van der Waals surface area contributed by atoms with Gasteiger partial charge in [0.2, 0.25) is 5.95 Å². The summed E-state index contributed by atoms with van der Waals surface area (Å²) in [6.45, 7) is 0.691. The van der Waals surface area contributed by atoms with E-state index < -0.39 is 10.8 Å². The van der Waals surface area contributed by atoms with Gasteiger partial charge in [0, 0.05) is 40.0 Å². The molecule has 0 fully saturated rings. The first kappa shape index (κ1) is 12.5. The highest BCUT2D eigenvalue weighted by molar-refractivity contribution is 9.10. The predicted octanol–water partition coefficient (Wildman–Crippen LogP) is 1.54. The molecule has 92 valence electrons. The molecule has 0 saturated heterocycles. The summed E-state index contributed by atoms with van der Waals surface area (Å²) in [6, 6.07) is 1.88. The minimum absolute atomic E-state index is 0.451. The van der Waals surface area contributed by atoms with E-state index in [1.165, 1.54) is 0 Å². The maximum absolute atomic E-state index is 11.0. The van der Waals surface area contributed by atoms with Crippen LogP contribution in [0.15, 0.2) is 16.7 Å². The lowest BCUT2D eigenvalue weighted by molar-refractivity contribution is 0.669. The summed E-state index contributed by atoms with van der Waals surface area (Å²) in [5, 5.41) is 0. The third kappa shape index (κ3) is 2.84. The SMILES string of the molecule is CS(=O)CCCn1c(N)nc2cc(Br)cnc21. The summed E-state index contributed by atoms with van der Waals surface area (Å²) in [7, 11) is -0.774. The molecule has 0 saturated carbocycles. The Bertz CT molecular complexity index is 569. The van der Waals surface area contributed by atoms with E-state index in [1.807, 2.05) is 10.6 Å². The second-order valence-corrected chi connectivity index (χ2v) is 6.22. The summed E-state index contributed by atoms with van der Waals surface area (Å²) in [5.74, 6) is 1.11. The van der Waals surface area contributed by atoms with Crippen LogP contribution in [-0.2, 0) is 17.3 Å². The summed E-state index contributed by atoms with van der Waals surface area (Å²) < 4.78 is 13.7. The molecule has 2 aromatic heterocycles. The topological polar surface area (TPSA) is 73.8 Å². The molecule has 0 aliphatic rings. The summed E-state index contributed by atoms with van der Waals surface area (Å²) >= 11 is 3.35. The number of hydrogen-bond acceptors (Lipinski definition) is 4. The van der Waals surface area contributed by atoms with Crippen LogP contribution in [0.3, 0.4) is 0 Å². The fourth-order valence-electron chi connectivity index (χ4n) is 1.65. The largest absolute Gasteiger partial charge is 0.369 e. The van der Waals surface area contributed by atoms with Crippen LogP contribution in [-0.4, -0.2) is 30.8 Å². The van der Waals surface area contributed by atoms with Crippen molar-refractivity contribution in [2.75, 3.05) is 17.7 Å².